The molecule has 0 spiro atoms. The van der Waals surface area contributed by atoms with Gasteiger partial charge in [0.2, 0.25) is 0 Å². The second-order valence-electron chi connectivity index (χ2n) is 6.66. The number of carbonyl (C=O) groups is 1. The number of nitrogens with one attached hydrogen (secondary N) is 1. The van der Waals surface area contributed by atoms with E-state index in [0.717, 1.165) is 17.5 Å². The lowest BCUT2D eigenvalue weighted by Crippen LogP contribution is -2.14. The summed E-state index contributed by atoms with van der Waals surface area (Å²) in [7, 11) is -3.84. The first-order valence-corrected chi connectivity index (χ1v) is 10.6. The summed E-state index contributed by atoms with van der Waals surface area (Å²) in [6, 6.07) is 9.64. The zero-order valence-electron chi connectivity index (χ0n) is 15.8. The van der Waals surface area contributed by atoms with Crippen molar-refractivity contribution in [3.05, 3.63) is 47.5 Å². The average Bonchev–Trinajstić information content (AvgIpc) is 2.99. The topological polar surface area (TPSA) is 102 Å². The molecule has 1 atom stereocenters. The van der Waals surface area contributed by atoms with Gasteiger partial charge in [0.05, 0.1) is 17.2 Å². The smallest absolute Gasteiger partial charge is 0.303 e. The number of anilines is 1. The van der Waals surface area contributed by atoms with Crippen LogP contribution in [0.2, 0.25) is 0 Å². The minimum Gasteiger partial charge on any atom is -0.492 e. The lowest BCUT2D eigenvalue weighted by atomic mass is 10.1. The Labute approximate surface area is 164 Å². The van der Waals surface area contributed by atoms with E-state index in [0.29, 0.717) is 30.2 Å². The van der Waals surface area contributed by atoms with Gasteiger partial charge < -0.3 is 14.6 Å². The number of hydrogen-bond acceptors (Lipinski definition) is 5. The van der Waals surface area contributed by atoms with Crippen molar-refractivity contribution in [3.63, 3.8) is 0 Å². The van der Waals surface area contributed by atoms with Crippen molar-refractivity contribution in [3.8, 4) is 11.5 Å². The Morgan fingerprint density at radius 2 is 2.00 bits per heavy atom. The molecule has 8 heteroatoms. The second-order valence-corrected chi connectivity index (χ2v) is 8.35. The lowest BCUT2D eigenvalue weighted by Gasteiger charge is -2.15. The molecule has 0 aromatic heterocycles. The summed E-state index contributed by atoms with van der Waals surface area (Å²) in [5.74, 6) is 0.216. The van der Waals surface area contributed by atoms with Crippen molar-refractivity contribution in [1.29, 1.82) is 0 Å². The van der Waals surface area contributed by atoms with Crippen LogP contribution in [0.4, 0.5) is 5.69 Å². The average molecular weight is 405 g/mol. The van der Waals surface area contributed by atoms with Gasteiger partial charge in [0.15, 0.2) is 0 Å². The molecule has 0 saturated heterocycles. The molecular weight excluding hydrogens is 382 g/mol. The van der Waals surface area contributed by atoms with Crippen molar-refractivity contribution in [2.75, 3.05) is 11.3 Å². The normalized spacial score (nSPS) is 15.6. The maximum absolute atomic E-state index is 12.8. The van der Waals surface area contributed by atoms with Crippen LogP contribution >= 0.6 is 0 Å². The van der Waals surface area contributed by atoms with Crippen LogP contribution in [0.1, 0.15) is 31.4 Å². The highest BCUT2D eigenvalue weighted by molar-refractivity contribution is 7.92. The number of sulfonamides is 1. The second kappa shape index (κ2) is 8.10. The maximum Gasteiger partial charge on any atom is 0.303 e. The summed E-state index contributed by atoms with van der Waals surface area (Å²) >= 11 is 0. The van der Waals surface area contributed by atoms with E-state index in [1.165, 1.54) is 12.1 Å². The summed E-state index contributed by atoms with van der Waals surface area (Å²) in [5.41, 5.74) is 2.07. The van der Waals surface area contributed by atoms with Gasteiger partial charge in [-0.25, -0.2) is 8.42 Å². The molecule has 7 nitrogen and oxygen atoms in total. The van der Waals surface area contributed by atoms with Crippen LogP contribution in [0.25, 0.3) is 0 Å². The maximum atomic E-state index is 12.8. The predicted molar refractivity (Wildman–Crippen MR) is 105 cm³/mol. The van der Waals surface area contributed by atoms with Crippen LogP contribution in [-0.4, -0.2) is 32.2 Å². The van der Waals surface area contributed by atoms with Crippen LogP contribution in [0.15, 0.2) is 41.3 Å². The first-order chi connectivity index (χ1) is 13.3. The Kier molecular flexibility index (Phi) is 5.79. The molecule has 3 rings (SSSR count). The van der Waals surface area contributed by atoms with Crippen LogP contribution in [0.5, 0.6) is 11.5 Å². The van der Waals surface area contributed by atoms with Crippen LogP contribution in [0, 0.1) is 0 Å². The first kappa shape index (κ1) is 20.0. The number of benzene rings is 2. The van der Waals surface area contributed by atoms with Gasteiger partial charge in [-0.1, -0.05) is 12.1 Å². The molecule has 28 heavy (non-hydrogen) atoms. The summed E-state index contributed by atoms with van der Waals surface area (Å²) in [6.07, 6.45) is 1.13. The number of rotatable bonds is 8. The van der Waals surface area contributed by atoms with E-state index >= 15 is 0 Å². The molecule has 150 valence electrons. The van der Waals surface area contributed by atoms with Crippen LogP contribution in [0.3, 0.4) is 0 Å². The molecule has 0 aliphatic carbocycles. The fourth-order valence-electron chi connectivity index (χ4n) is 3.08. The molecule has 1 heterocycles. The summed E-state index contributed by atoms with van der Waals surface area (Å²) in [5, 5.41) is 8.75. The zero-order valence-corrected chi connectivity index (χ0v) is 16.6. The van der Waals surface area contributed by atoms with Gasteiger partial charge in [-0.3, -0.25) is 9.52 Å². The molecule has 0 unspecified atom stereocenters. The van der Waals surface area contributed by atoms with Gasteiger partial charge in [-0.05, 0) is 44.0 Å². The van der Waals surface area contributed by atoms with Gasteiger partial charge in [0, 0.05) is 24.5 Å². The summed E-state index contributed by atoms with van der Waals surface area (Å²) in [4.78, 5) is 10.7. The third-order valence-electron chi connectivity index (χ3n) is 4.40. The molecule has 2 aromatic carbocycles. The van der Waals surface area contributed by atoms with Gasteiger partial charge in [0.25, 0.3) is 10.0 Å². The molecule has 1 aliphatic heterocycles. The molecule has 0 amide bonds. The van der Waals surface area contributed by atoms with Gasteiger partial charge in [-0.15, -0.1) is 0 Å². The zero-order chi connectivity index (χ0) is 20.3. The highest BCUT2D eigenvalue weighted by Gasteiger charge is 2.24. The van der Waals surface area contributed by atoms with E-state index in [1.807, 2.05) is 19.9 Å². The quantitative estimate of drug-likeness (QED) is 0.699. The largest absolute Gasteiger partial charge is 0.492 e. The van der Waals surface area contributed by atoms with Crippen molar-refractivity contribution in [2.45, 2.75) is 44.1 Å². The van der Waals surface area contributed by atoms with E-state index in [9.17, 15) is 13.2 Å². The van der Waals surface area contributed by atoms with E-state index < -0.39 is 16.0 Å². The number of aryl methyl sites for hydroxylation is 1. The summed E-state index contributed by atoms with van der Waals surface area (Å²) < 4.78 is 39.5. The standard InChI is InChI=1S/C20H23NO6S/c1-3-26-19-11-15-10-13(2)27-18(15)12-17(19)21-28(24,25)16-7-4-14(5-8-16)6-9-20(22)23/h4-5,7-8,11-13,21H,3,6,9-10H2,1-2H3,(H,22,23)/t13-/m1/s1. The number of hydrogen-bond donors (Lipinski definition) is 2. The SMILES string of the molecule is CCOc1cc2c(cc1NS(=O)(=O)c1ccc(CCC(=O)O)cc1)O[C@H](C)C2. The molecule has 2 aromatic rings. The fourth-order valence-corrected chi connectivity index (χ4v) is 4.15. The molecular formula is C20H23NO6S. The first-order valence-electron chi connectivity index (χ1n) is 9.08. The van der Waals surface area contributed by atoms with E-state index in [1.54, 1.807) is 18.2 Å². The Balaban J connectivity index is 1.84. The summed E-state index contributed by atoms with van der Waals surface area (Å²) in [6.45, 7) is 4.19. The molecule has 2 N–H and O–H groups in total. The monoisotopic (exact) mass is 405 g/mol. The number of fused-ring (bicyclic) bond motifs is 1. The van der Waals surface area contributed by atoms with Gasteiger partial charge in [0.1, 0.15) is 17.6 Å². The highest BCUT2D eigenvalue weighted by atomic mass is 32.2. The Hall–Kier alpha value is -2.74. The lowest BCUT2D eigenvalue weighted by molar-refractivity contribution is -0.136. The minimum absolute atomic E-state index is 0.00435. The number of aliphatic carboxylic acids is 1. The van der Waals surface area contributed by atoms with Gasteiger partial charge >= 0.3 is 5.97 Å². The van der Waals surface area contributed by atoms with Crippen molar-refractivity contribution in [2.24, 2.45) is 0 Å². The highest BCUT2D eigenvalue weighted by Crippen LogP contribution is 2.38. The number of carboxylic acid groups (broad SMARTS) is 1. The molecule has 1 aliphatic rings. The van der Waals surface area contributed by atoms with Crippen molar-refractivity contribution >= 4 is 21.7 Å². The van der Waals surface area contributed by atoms with Gasteiger partial charge in [-0.2, -0.15) is 0 Å². The van der Waals surface area contributed by atoms with Crippen molar-refractivity contribution in [1.82, 2.24) is 0 Å². The molecule has 0 saturated carbocycles. The Bertz CT molecular complexity index is 969. The van der Waals surface area contributed by atoms with Crippen molar-refractivity contribution < 1.29 is 27.8 Å². The van der Waals surface area contributed by atoms with E-state index in [2.05, 4.69) is 4.72 Å². The number of carboxylic acids is 1. The van der Waals surface area contributed by atoms with Crippen LogP contribution in [-0.2, 0) is 27.7 Å². The fraction of sp³-hybridized carbons (Fsp3) is 0.350. The third kappa shape index (κ3) is 4.56. The Morgan fingerprint density at radius 1 is 1.29 bits per heavy atom. The predicted octanol–water partition coefficient (Wildman–Crippen LogP) is 3.23. The van der Waals surface area contributed by atoms with Crippen LogP contribution < -0.4 is 14.2 Å². The van der Waals surface area contributed by atoms with E-state index in [-0.39, 0.29) is 17.4 Å². The molecule has 0 radical (unpaired) electrons. The number of ether oxygens (including phenoxy) is 2. The molecule has 0 bridgehead atoms. The molecule has 0 fully saturated rings. The third-order valence-corrected chi connectivity index (χ3v) is 5.78. The Morgan fingerprint density at radius 3 is 2.64 bits per heavy atom. The van der Waals surface area contributed by atoms with E-state index in [4.69, 9.17) is 14.6 Å². The minimum atomic E-state index is -3.84.